The molecule has 2 N–H and O–H groups in total. The predicted octanol–water partition coefficient (Wildman–Crippen LogP) is 4.92. The monoisotopic (exact) mass is 377 g/mol. The van der Waals surface area contributed by atoms with Crippen molar-refractivity contribution >= 4 is 16.9 Å². The second kappa shape index (κ2) is 6.38. The van der Waals surface area contributed by atoms with Gasteiger partial charge in [-0.2, -0.15) is 0 Å². The molecule has 1 unspecified atom stereocenters. The highest BCUT2D eigenvalue weighted by Gasteiger charge is 2.31. The van der Waals surface area contributed by atoms with Crippen LogP contribution in [0.1, 0.15) is 65.7 Å². The number of hydrogen-bond donors (Lipinski definition) is 2. The largest absolute Gasteiger partial charge is 0.497 e. The second-order valence-electron chi connectivity index (χ2n) is 7.86. The number of carboxylic acids is 1. The lowest BCUT2D eigenvalue weighted by Crippen LogP contribution is -2.09. The first kappa shape index (κ1) is 17.3. The van der Waals surface area contributed by atoms with E-state index in [-0.39, 0.29) is 5.56 Å². The number of fused-ring (bicyclic) bond motifs is 5. The molecule has 2 heterocycles. The van der Waals surface area contributed by atoms with Gasteiger partial charge in [-0.25, -0.2) is 4.79 Å². The van der Waals surface area contributed by atoms with Gasteiger partial charge in [0.25, 0.3) is 0 Å². The molecule has 1 fully saturated rings. The lowest BCUT2D eigenvalue weighted by atomic mass is 9.82. The van der Waals surface area contributed by atoms with E-state index in [1.807, 2.05) is 28.8 Å². The molecule has 1 aromatic heterocycles. The zero-order valence-electron chi connectivity index (χ0n) is 15.8. The number of aromatic carboxylic acids is 1. The number of aliphatic hydroxyl groups is 1. The number of carboxylic acid groups (broad SMARTS) is 1. The Kier molecular flexibility index (Phi) is 3.95. The van der Waals surface area contributed by atoms with E-state index >= 15 is 0 Å². The van der Waals surface area contributed by atoms with E-state index in [1.165, 1.54) is 19.3 Å². The van der Waals surface area contributed by atoms with Gasteiger partial charge in [0, 0.05) is 16.5 Å². The SMILES string of the molecule is COc1ccc2c(c1)C(O)n1c-2cc2c(C3CCCCC3)cc(C(=O)O)cc21. The molecule has 144 valence electrons. The van der Waals surface area contributed by atoms with Crippen LogP contribution < -0.4 is 4.74 Å². The summed E-state index contributed by atoms with van der Waals surface area (Å²) in [5.41, 5.74) is 4.87. The number of carbonyl (C=O) groups is 1. The Hall–Kier alpha value is -2.79. The molecular weight excluding hydrogens is 354 g/mol. The van der Waals surface area contributed by atoms with Crippen molar-refractivity contribution in [2.45, 2.75) is 44.2 Å². The summed E-state index contributed by atoms with van der Waals surface area (Å²) >= 11 is 0. The Morgan fingerprint density at radius 3 is 2.57 bits per heavy atom. The molecular formula is C23H23NO4. The van der Waals surface area contributed by atoms with Crippen molar-refractivity contribution in [2.24, 2.45) is 0 Å². The van der Waals surface area contributed by atoms with E-state index in [0.29, 0.717) is 11.7 Å². The van der Waals surface area contributed by atoms with Gasteiger partial charge in [-0.3, -0.25) is 0 Å². The van der Waals surface area contributed by atoms with Gasteiger partial charge in [-0.05, 0) is 60.7 Å². The highest BCUT2D eigenvalue weighted by Crippen LogP contribution is 2.46. The Bertz CT molecular complexity index is 1090. The van der Waals surface area contributed by atoms with Gasteiger partial charge < -0.3 is 19.5 Å². The zero-order chi connectivity index (χ0) is 19.4. The third kappa shape index (κ3) is 2.46. The number of benzene rings is 2. The number of rotatable bonds is 3. The van der Waals surface area contributed by atoms with Gasteiger partial charge in [0.2, 0.25) is 0 Å². The van der Waals surface area contributed by atoms with Gasteiger partial charge >= 0.3 is 5.97 Å². The van der Waals surface area contributed by atoms with Crippen molar-refractivity contribution in [3.05, 3.63) is 53.1 Å². The molecule has 1 aliphatic heterocycles. The molecule has 0 radical (unpaired) electrons. The molecule has 5 rings (SSSR count). The van der Waals surface area contributed by atoms with Gasteiger partial charge in [0.15, 0.2) is 6.23 Å². The van der Waals surface area contributed by atoms with Crippen molar-refractivity contribution in [1.29, 1.82) is 0 Å². The molecule has 0 amide bonds. The lowest BCUT2D eigenvalue weighted by Gasteiger charge is -2.23. The second-order valence-corrected chi connectivity index (χ2v) is 7.86. The molecule has 1 saturated carbocycles. The van der Waals surface area contributed by atoms with Crippen molar-refractivity contribution < 1.29 is 19.7 Å². The van der Waals surface area contributed by atoms with Crippen molar-refractivity contribution in [2.75, 3.05) is 7.11 Å². The lowest BCUT2D eigenvalue weighted by molar-refractivity contribution is 0.0696. The third-order valence-corrected chi connectivity index (χ3v) is 6.34. The molecule has 3 aromatic rings. The Morgan fingerprint density at radius 1 is 1.07 bits per heavy atom. The molecule has 2 aromatic carbocycles. The van der Waals surface area contributed by atoms with E-state index in [1.54, 1.807) is 13.2 Å². The minimum Gasteiger partial charge on any atom is -0.497 e. The van der Waals surface area contributed by atoms with Gasteiger partial charge in [0.05, 0.1) is 23.9 Å². The van der Waals surface area contributed by atoms with Gasteiger partial charge in [-0.15, -0.1) is 0 Å². The summed E-state index contributed by atoms with van der Waals surface area (Å²) < 4.78 is 7.16. The average Bonchev–Trinajstić information content (AvgIpc) is 3.23. The first-order valence-corrected chi connectivity index (χ1v) is 9.87. The zero-order valence-corrected chi connectivity index (χ0v) is 15.8. The maximum atomic E-state index is 11.8. The van der Waals surface area contributed by atoms with E-state index < -0.39 is 12.2 Å². The predicted molar refractivity (Wildman–Crippen MR) is 107 cm³/mol. The molecule has 1 atom stereocenters. The van der Waals surface area contributed by atoms with E-state index in [2.05, 4.69) is 6.07 Å². The first-order chi connectivity index (χ1) is 13.6. The number of methoxy groups -OCH3 is 1. The Morgan fingerprint density at radius 2 is 1.86 bits per heavy atom. The van der Waals surface area contributed by atoms with Crippen LogP contribution in [0.3, 0.4) is 0 Å². The Labute approximate surface area is 163 Å². The minimum absolute atomic E-state index is 0.287. The summed E-state index contributed by atoms with van der Waals surface area (Å²) in [6, 6.07) is 11.4. The van der Waals surface area contributed by atoms with Crippen molar-refractivity contribution in [3.8, 4) is 17.0 Å². The molecule has 2 aliphatic rings. The van der Waals surface area contributed by atoms with E-state index in [4.69, 9.17) is 4.74 Å². The summed E-state index contributed by atoms with van der Waals surface area (Å²) in [7, 11) is 1.61. The van der Waals surface area contributed by atoms with Gasteiger partial charge in [0.1, 0.15) is 5.75 Å². The van der Waals surface area contributed by atoms with Crippen LogP contribution >= 0.6 is 0 Å². The number of hydrogen-bond acceptors (Lipinski definition) is 3. The highest BCUT2D eigenvalue weighted by atomic mass is 16.5. The fourth-order valence-electron chi connectivity index (χ4n) is 4.95. The van der Waals surface area contributed by atoms with Crippen LogP contribution in [-0.4, -0.2) is 27.9 Å². The van der Waals surface area contributed by atoms with Crippen LogP contribution in [0.25, 0.3) is 22.2 Å². The summed E-state index contributed by atoms with van der Waals surface area (Å²) in [6.45, 7) is 0. The smallest absolute Gasteiger partial charge is 0.335 e. The molecule has 28 heavy (non-hydrogen) atoms. The van der Waals surface area contributed by atoms with Crippen LogP contribution in [0, 0.1) is 0 Å². The Balaban J connectivity index is 1.75. The summed E-state index contributed by atoms with van der Waals surface area (Å²) in [4.78, 5) is 11.8. The standard InChI is InChI=1S/C23H23NO4/c1-28-15-7-8-16-19(11-15)22(25)24-20-10-14(23(26)27)9-17(18(20)12-21(16)24)13-5-3-2-4-6-13/h7-13,22,25H,2-6H2,1H3,(H,26,27). The quantitative estimate of drug-likeness (QED) is 0.680. The van der Waals surface area contributed by atoms with Crippen molar-refractivity contribution in [3.63, 3.8) is 0 Å². The minimum atomic E-state index is -0.929. The molecule has 5 nitrogen and oxygen atoms in total. The van der Waals surface area contributed by atoms with Crippen molar-refractivity contribution in [1.82, 2.24) is 4.57 Å². The van der Waals surface area contributed by atoms with Gasteiger partial charge in [-0.1, -0.05) is 19.3 Å². The van der Waals surface area contributed by atoms with Crippen LogP contribution in [-0.2, 0) is 0 Å². The molecule has 0 bridgehead atoms. The van der Waals surface area contributed by atoms with Crippen LogP contribution in [0.2, 0.25) is 0 Å². The number of aliphatic hydroxyl groups excluding tert-OH is 1. The van der Waals surface area contributed by atoms with Crippen LogP contribution in [0.5, 0.6) is 5.75 Å². The summed E-state index contributed by atoms with van der Waals surface area (Å²) in [5.74, 6) is 0.148. The molecule has 5 heteroatoms. The average molecular weight is 377 g/mol. The summed E-state index contributed by atoms with van der Waals surface area (Å²) in [5, 5.41) is 21.8. The molecule has 0 saturated heterocycles. The summed E-state index contributed by atoms with van der Waals surface area (Å²) in [6.07, 6.45) is 4.95. The number of nitrogens with zero attached hydrogens (tertiary/aromatic N) is 1. The number of ether oxygens (including phenoxy) is 1. The third-order valence-electron chi connectivity index (χ3n) is 6.34. The van der Waals surface area contributed by atoms with E-state index in [9.17, 15) is 15.0 Å². The maximum absolute atomic E-state index is 11.8. The first-order valence-electron chi connectivity index (χ1n) is 9.87. The maximum Gasteiger partial charge on any atom is 0.335 e. The normalized spacial score (nSPS) is 18.9. The topological polar surface area (TPSA) is 71.7 Å². The highest BCUT2D eigenvalue weighted by molar-refractivity contribution is 5.98. The van der Waals surface area contributed by atoms with Crippen LogP contribution in [0.4, 0.5) is 0 Å². The van der Waals surface area contributed by atoms with E-state index in [0.717, 1.165) is 46.1 Å². The molecule has 0 spiro atoms. The number of aromatic nitrogens is 1. The molecule has 1 aliphatic carbocycles. The van der Waals surface area contributed by atoms with Crippen LogP contribution in [0.15, 0.2) is 36.4 Å². The fourth-order valence-corrected chi connectivity index (χ4v) is 4.95. The fraction of sp³-hybridized carbons (Fsp3) is 0.348.